The number of aromatic nitrogens is 4. The summed E-state index contributed by atoms with van der Waals surface area (Å²) >= 11 is 0. The van der Waals surface area contributed by atoms with Gasteiger partial charge in [-0.15, -0.1) is 0 Å². The van der Waals surface area contributed by atoms with Gasteiger partial charge in [0.15, 0.2) is 0 Å². The maximum Gasteiger partial charge on any atom is 0.274 e. The predicted molar refractivity (Wildman–Crippen MR) is 133 cm³/mol. The van der Waals surface area contributed by atoms with E-state index in [0.717, 1.165) is 23.3 Å². The Kier molecular flexibility index (Phi) is 5.84. The molecule has 0 atom stereocenters. The van der Waals surface area contributed by atoms with E-state index in [-0.39, 0.29) is 17.2 Å². The standard InChI is InChI=1S/C25H24N8O2/c1-27-23(19(14-26)25(35)33-12-11-31-10-8-28-22(31)16-33)24(34)29-18-7-9-32-15-20(30-21(32)13-18)17-5-3-2-4-6-17/h2-10,13-15H,11-12,16,26H2,1H3,(H,29,34). The van der Waals surface area contributed by atoms with Gasteiger partial charge in [-0.2, -0.15) is 0 Å². The molecule has 1 aliphatic rings. The molecule has 0 radical (unpaired) electrons. The largest absolute Gasteiger partial charge is 0.404 e. The zero-order valence-electron chi connectivity index (χ0n) is 19.1. The molecule has 176 valence electrons. The molecule has 0 saturated carbocycles. The van der Waals surface area contributed by atoms with Crippen LogP contribution in [0.2, 0.25) is 0 Å². The van der Waals surface area contributed by atoms with Crippen LogP contribution in [0.5, 0.6) is 0 Å². The molecule has 10 nitrogen and oxygen atoms in total. The zero-order chi connectivity index (χ0) is 24.4. The van der Waals surface area contributed by atoms with E-state index < -0.39 is 5.91 Å². The van der Waals surface area contributed by atoms with Crippen molar-refractivity contribution in [3.05, 3.63) is 84.8 Å². The summed E-state index contributed by atoms with van der Waals surface area (Å²) in [4.78, 5) is 40.9. The Hall–Kier alpha value is -4.73. The number of pyridine rings is 1. The van der Waals surface area contributed by atoms with Gasteiger partial charge in [-0.25, -0.2) is 9.97 Å². The number of fused-ring (bicyclic) bond motifs is 2. The fraction of sp³-hybridized carbons (Fsp3) is 0.160. The maximum atomic E-state index is 13.2. The van der Waals surface area contributed by atoms with Crippen LogP contribution in [-0.2, 0) is 22.7 Å². The smallest absolute Gasteiger partial charge is 0.274 e. The minimum atomic E-state index is -0.532. The van der Waals surface area contributed by atoms with E-state index in [1.165, 1.54) is 7.05 Å². The summed E-state index contributed by atoms with van der Waals surface area (Å²) in [5.41, 5.74) is 8.81. The van der Waals surface area contributed by atoms with E-state index in [9.17, 15) is 9.59 Å². The van der Waals surface area contributed by atoms with Crippen molar-refractivity contribution >= 4 is 28.9 Å². The molecule has 0 spiro atoms. The lowest BCUT2D eigenvalue weighted by molar-refractivity contribution is -0.128. The Morgan fingerprint density at radius 2 is 1.97 bits per heavy atom. The van der Waals surface area contributed by atoms with Crippen LogP contribution in [0.3, 0.4) is 0 Å². The molecule has 0 bridgehead atoms. The summed E-state index contributed by atoms with van der Waals surface area (Å²) in [5.74, 6) is -0.118. The van der Waals surface area contributed by atoms with E-state index in [0.29, 0.717) is 31.0 Å². The first-order valence-electron chi connectivity index (χ1n) is 11.1. The lowest BCUT2D eigenvalue weighted by atomic mass is 10.1. The number of nitrogens with one attached hydrogen (secondary N) is 1. The molecule has 0 unspecified atom stereocenters. The van der Waals surface area contributed by atoms with Crippen LogP contribution < -0.4 is 11.1 Å². The van der Waals surface area contributed by atoms with Gasteiger partial charge in [0, 0.05) is 68.4 Å². The maximum absolute atomic E-state index is 13.2. The van der Waals surface area contributed by atoms with Crippen LogP contribution in [0.1, 0.15) is 5.82 Å². The fourth-order valence-electron chi connectivity index (χ4n) is 4.11. The van der Waals surface area contributed by atoms with Gasteiger partial charge in [0.05, 0.1) is 17.8 Å². The third-order valence-electron chi connectivity index (χ3n) is 5.91. The van der Waals surface area contributed by atoms with Crippen molar-refractivity contribution in [2.75, 3.05) is 18.9 Å². The van der Waals surface area contributed by atoms with Crippen LogP contribution in [0.15, 0.2) is 84.0 Å². The fourth-order valence-corrected chi connectivity index (χ4v) is 4.11. The molecule has 0 fully saturated rings. The number of hydrogen-bond donors (Lipinski definition) is 2. The van der Waals surface area contributed by atoms with Gasteiger partial charge in [-0.05, 0) is 6.07 Å². The predicted octanol–water partition coefficient (Wildman–Crippen LogP) is 2.09. The van der Waals surface area contributed by atoms with E-state index >= 15 is 0 Å². The van der Waals surface area contributed by atoms with Gasteiger partial charge in [-0.3, -0.25) is 14.6 Å². The molecular formula is C25H24N8O2. The average Bonchev–Trinajstić information content (AvgIpc) is 3.53. The van der Waals surface area contributed by atoms with Gasteiger partial charge in [0.2, 0.25) is 0 Å². The Morgan fingerprint density at radius 1 is 1.14 bits per heavy atom. The number of aliphatic imine (C=N–C) groups is 1. The second-order valence-corrected chi connectivity index (χ2v) is 8.04. The minimum absolute atomic E-state index is 0.0401. The van der Waals surface area contributed by atoms with E-state index in [4.69, 9.17) is 5.73 Å². The number of benzene rings is 1. The Bertz CT molecular complexity index is 1470. The molecule has 3 aromatic heterocycles. The van der Waals surface area contributed by atoms with Crippen molar-refractivity contribution in [1.82, 2.24) is 23.8 Å². The van der Waals surface area contributed by atoms with Crippen LogP contribution in [-0.4, -0.2) is 55.0 Å². The number of nitrogens with two attached hydrogens (primary N) is 1. The number of carbonyl (C=O) groups excluding carboxylic acids is 2. The topological polar surface area (TPSA) is 123 Å². The second-order valence-electron chi connectivity index (χ2n) is 8.04. The minimum Gasteiger partial charge on any atom is -0.404 e. The van der Waals surface area contributed by atoms with E-state index in [1.54, 1.807) is 23.2 Å². The summed E-state index contributed by atoms with van der Waals surface area (Å²) in [6.45, 7) is 1.44. The molecule has 3 N–H and O–H groups in total. The summed E-state index contributed by atoms with van der Waals surface area (Å²) in [7, 11) is 1.46. The zero-order valence-corrected chi connectivity index (χ0v) is 19.1. The van der Waals surface area contributed by atoms with Crippen molar-refractivity contribution < 1.29 is 9.59 Å². The summed E-state index contributed by atoms with van der Waals surface area (Å²) < 4.78 is 3.87. The first-order valence-corrected chi connectivity index (χ1v) is 11.1. The molecule has 0 aliphatic carbocycles. The van der Waals surface area contributed by atoms with Crippen LogP contribution in [0.4, 0.5) is 5.69 Å². The number of hydrogen-bond acceptors (Lipinski definition) is 6. The van der Waals surface area contributed by atoms with Gasteiger partial charge >= 0.3 is 0 Å². The number of anilines is 1. The number of imidazole rings is 2. The van der Waals surface area contributed by atoms with Crippen LogP contribution in [0.25, 0.3) is 16.9 Å². The molecule has 4 heterocycles. The lowest BCUT2D eigenvalue weighted by Crippen LogP contribution is -2.42. The monoisotopic (exact) mass is 468 g/mol. The number of nitrogens with zero attached hydrogens (tertiary/aromatic N) is 6. The Morgan fingerprint density at radius 3 is 2.74 bits per heavy atom. The normalized spacial score (nSPS) is 14.1. The molecule has 2 amide bonds. The molecule has 1 aromatic carbocycles. The number of amides is 2. The molecule has 35 heavy (non-hydrogen) atoms. The molecule has 0 saturated heterocycles. The van der Waals surface area contributed by atoms with Crippen molar-refractivity contribution in [1.29, 1.82) is 0 Å². The van der Waals surface area contributed by atoms with Gasteiger partial charge in [0.1, 0.15) is 17.2 Å². The summed E-state index contributed by atoms with van der Waals surface area (Å²) in [6, 6.07) is 13.4. The first kappa shape index (κ1) is 22.1. The van der Waals surface area contributed by atoms with Crippen molar-refractivity contribution in [2.45, 2.75) is 13.1 Å². The third-order valence-corrected chi connectivity index (χ3v) is 5.91. The van der Waals surface area contributed by atoms with Crippen LogP contribution in [0, 0.1) is 0 Å². The van der Waals surface area contributed by atoms with Gasteiger partial charge in [0.25, 0.3) is 11.8 Å². The summed E-state index contributed by atoms with van der Waals surface area (Å²) in [6.07, 6.45) is 8.45. The summed E-state index contributed by atoms with van der Waals surface area (Å²) in [5, 5.41) is 2.81. The lowest BCUT2D eigenvalue weighted by Gasteiger charge is -2.28. The molecule has 4 aromatic rings. The highest BCUT2D eigenvalue weighted by molar-refractivity contribution is 6.53. The highest BCUT2D eigenvalue weighted by Gasteiger charge is 2.29. The van der Waals surface area contributed by atoms with Crippen molar-refractivity contribution in [3.63, 3.8) is 0 Å². The SMILES string of the molecule is CN=C(C(=O)Nc1ccn2cc(-c3ccccc3)nc2c1)C(=CN)C(=O)N1CCn2ccnc2C1. The molecule has 5 rings (SSSR count). The first-order chi connectivity index (χ1) is 17.1. The molecule has 1 aliphatic heterocycles. The van der Waals surface area contributed by atoms with E-state index in [1.807, 2.05) is 57.9 Å². The quantitative estimate of drug-likeness (QED) is 0.343. The number of rotatable bonds is 5. The average molecular weight is 469 g/mol. The highest BCUT2D eigenvalue weighted by atomic mass is 16.2. The Labute approximate surface area is 201 Å². The Balaban J connectivity index is 1.33. The van der Waals surface area contributed by atoms with Gasteiger partial charge < -0.3 is 24.9 Å². The van der Waals surface area contributed by atoms with E-state index in [2.05, 4.69) is 20.3 Å². The third kappa shape index (κ3) is 4.29. The molecule has 10 heteroatoms. The highest BCUT2D eigenvalue weighted by Crippen LogP contribution is 2.21. The van der Waals surface area contributed by atoms with Crippen LogP contribution >= 0.6 is 0 Å². The molecular weight excluding hydrogens is 444 g/mol. The van der Waals surface area contributed by atoms with Crippen molar-refractivity contribution in [3.8, 4) is 11.3 Å². The van der Waals surface area contributed by atoms with Gasteiger partial charge in [-0.1, -0.05) is 30.3 Å². The number of carbonyl (C=O) groups is 2. The second kappa shape index (κ2) is 9.26. The van der Waals surface area contributed by atoms with Crippen molar-refractivity contribution in [2.24, 2.45) is 10.7 Å².